The van der Waals surface area contributed by atoms with Crippen LogP contribution in [0, 0.1) is 0 Å². The molecule has 0 spiro atoms. The fourth-order valence-corrected chi connectivity index (χ4v) is 3.83. The van der Waals surface area contributed by atoms with Gasteiger partial charge in [-0.15, -0.1) is 11.8 Å². The van der Waals surface area contributed by atoms with Crippen LogP contribution in [0.2, 0.25) is 0 Å². The SMILES string of the molecule is O=C(O)C1=CS[C@@H]2/C(=C\c3cc4n(n3)CCNC4)C(=O)N12. The number of β-lactam (4-membered cyclic amide) rings is 1. The number of nitrogens with one attached hydrogen (secondary N) is 1. The van der Waals surface area contributed by atoms with Gasteiger partial charge in [-0.2, -0.15) is 5.10 Å². The van der Waals surface area contributed by atoms with Gasteiger partial charge in [0.25, 0.3) is 5.91 Å². The van der Waals surface area contributed by atoms with Crippen molar-refractivity contribution in [1.82, 2.24) is 20.0 Å². The van der Waals surface area contributed by atoms with E-state index in [-0.39, 0.29) is 17.0 Å². The molecule has 4 heterocycles. The number of carbonyl (C=O) groups excluding carboxylic acids is 1. The first-order valence-electron chi connectivity index (χ1n) is 6.56. The van der Waals surface area contributed by atoms with Crippen molar-refractivity contribution in [2.75, 3.05) is 6.54 Å². The van der Waals surface area contributed by atoms with Crippen LogP contribution in [0.1, 0.15) is 11.4 Å². The number of fused-ring (bicyclic) bond motifs is 2. The molecule has 0 bridgehead atoms. The molecule has 108 valence electrons. The maximum atomic E-state index is 12.1. The minimum Gasteiger partial charge on any atom is -0.477 e. The summed E-state index contributed by atoms with van der Waals surface area (Å²) in [6.07, 6.45) is 1.76. The molecule has 1 atom stereocenters. The molecule has 7 nitrogen and oxygen atoms in total. The molecule has 3 aliphatic heterocycles. The number of rotatable bonds is 2. The highest BCUT2D eigenvalue weighted by Gasteiger charge is 2.49. The first kappa shape index (κ1) is 12.7. The third kappa shape index (κ3) is 1.83. The van der Waals surface area contributed by atoms with E-state index in [0.29, 0.717) is 5.57 Å². The van der Waals surface area contributed by atoms with Gasteiger partial charge < -0.3 is 10.4 Å². The first-order valence-corrected chi connectivity index (χ1v) is 7.51. The number of hydrogen-bond acceptors (Lipinski definition) is 5. The molecule has 4 rings (SSSR count). The zero-order valence-corrected chi connectivity index (χ0v) is 11.8. The van der Waals surface area contributed by atoms with Crippen LogP contribution >= 0.6 is 11.8 Å². The Labute approximate surface area is 124 Å². The molecule has 1 amide bonds. The summed E-state index contributed by atoms with van der Waals surface area (Å²) in [6, 6.07) is 1.96. The standard InChI is InChI=1S/C13H12N4O3S/c18-11-9(12-17(11)10(6-21-12)13(19)20)4-7-3-8-5-14-1-2-16(8)15-7/h3-4,6,12,14H,1-2,5H2,(H,19,20)/b9-4-/t12-/m1/s1. The lowest BCUT2D eigenvalue weighted by Gasteiger charge is -2.36. The monoisotopic (exact) mass is 304 g/mol. The van der Waals surface area contributed by atoms with Crippen LogP contribution in [0.15, 0.2) is 22.7 Å². The highest BCUT2D eigenvalue weighted by molar-refractivity contribution is 8.03. The average Bonchev–Trinajstić information content (AvgIpc) is 3.05. The van der Waals surface area contributed by atoms with Crippen molar-refractivity contribution < 1.29 is 14.7 Å². The van der Waals surface area contributed by atoms with E-state index in [9.17, 15) is 9.59 Å². The van der Waals surface area contributed by atoms with Gasteiger partial charge in [-0.25, -0.2) is 4.79 Å². The van der Waals surface area contributed by atoms with E-state index in [1.807, 2.05) is 10.7 Å². The summed E-state index contributed by atoms with van der Waals surface area (Å²) in [5, 5.41) is 18.0. The number of carboxylic acid groups (broad SMARTS) is 1. The number of aliphatic carboxylic acids is 1. The smallest absolute Gasteiger partial charge is 0.353 e. The van der Waals surface area contributed by atoms with E-state index in [1.54, 1.807) is 6.08 Å². The van der Waals surface area contributed by atoms with E-state index < -0.39 is 5.97 Å². The molecular weight excluding hydrogens is 292 g/mol. The number of carboxylic acids is 1. The van der Waals surface area contributed by atoms with E-state index in [4.69, 9.17) is 5.11 Å². The molecule has 0 unspecified atom stereocenters. The Hall–Kier alpha value is -2.06. The molecule has 1 aromatic heterocycles. The molecule has 3 aliphatic rings. The quantitative estimate of drug-likeness (QED) is 0.600. The molecule has 21 heavy (non-hydrogen) atoms. The molecule has 0 aliphatic carbocycles. The van der Waals surface area contributed by atoms with Crippen LogP contribution in [0.5, 0.6) is 0 Å². The van der Waals surface area contributed by atoms with E-state index in [2.05, 4.69) is 10.4 Å². The number of thioether (sulfide) groups is 1. The van der Waals surface area contributed by atoms with Crippen molar-refractivity contribution in [3.8, 4) is 0 Å². The Morgan fingerprint density at radius 1 is 1.57 bits per heavy atom. The van der Waals surface area contributed by atoms with E-state index in [0.717, 1.165) is 31.0 Å². The molecular formula is C13H12N4O3S. The minimum atomic E-state index is -1.07. The van der Waals surface area contributed by atoms with Crippen LogP contribution in [0.25, 0.3) is 6.08 Å². The Bertz CT molecular complexity index is 697. The Morgan fingerprint density at radius 2 is 2.43 bits per heavy atom. The van der Waals surface area contributed by atoms with Gasteiger partial charge in [0.1, 0.15) is 11.1 Å². The summed E-state index contributed by atoms with van der Waals surface area (Å²) < 4.78 is 1.94. The minimum absolute atomic E-state index is 0.0560. The van der Waals surface area contributed by atoms with Crippen LogP contribution in [-0.4, -0.2) is 43.6 Å². The van der Waals surface area contributed by atoms with Gasteiger partial charge >= 0.3 is 5.97 Å². The molecule has 0 saturated carbocycles. The normalized spacial score (nSPS) is 25.4. The van der Waals surface area contributed by atoms with Gasteiger partial charge in [0.05, 0.1) is 23.5 Å². The van der Waals surface area contributed by atoms with Crippen molar-refractivity contribution in [2.45, 2.75) is 18.5 Å². The van der Waals surface area contributed by atoms with Crippen LogP contribution in [-0.2, 0) is 22.7 Å². The third-order valence-corrected chi connectivity index (χ3v) is 4.83. The molecule has 1 fully saturated rings. The van der Waals surface area contributed by atoms with Gasteiger partial charge in [0.2, 0.25) is 0 Å². The van der Waals surface area contributed by atoms with Crippen molar-refractivity contribution in [3.63, 3.8) is 0 Å². The topological polar surface area (TPSA) is 87.5 Å². The molecule has 1 saturated heterocycles. The van der Waals surface area contributed by atoms with Crippen LogP contribution in [0.4, 0.5) is 0 Å². The molecule has 1 aromatic rings. The van der Waals surface area contributed by atoms with Gasteiger partial charge in [-0.3, -0.25) is 14.4 Å². The Morgan fingerprint density at radius 3 is 3.19 bits per heavy atom. The third-order valence-electron chi connectivity index (χ3n) is 3.75. The molecule has 8 heteroatoms. The highest BCUT2D eigenvalue weighted by atomic mass is 32.2. The first-order chi connectivity index (χ1) is 10.1. The van der Waals surface area contributed by atoms with Gasteiger partial charge in [-0.05, 0) is 12.1 Å². The second-order valence-corrected chi connectivity index (χ2v) is 5.99. The van der Waals surface area contributed by atoms with Gasteiger partial charge in [-0.1, -0.05) is 0 Å². The summed E-state index contributed by atoms with van der Waals surface area (Å²) in [5.41, 5.74) is 2.51. The maximum absolute atomic E-state index is 12.1. The fraction of sp³-hybridized carbons (Fsp3) is 0.308. The van der Waals surface area contributed by atoms with Gasteiger partial charge in [0, 0.05) is 18.5 Å². The van der Waals surface area contributed by atoms with Gasteiger partial charge in [0.15, 0.2) is 0 Å². The van der Waals surface area contributed by atoms with E-state index >= 15 is 0 Å². The predicted molar refractivity (Wildman–Crippen MR) is 75.9 cm³/mol. The summed E-state index contributed by atoms with van der Waals surface area (Å²) in [7, 11) is 0. The largest absolute Gasteiger partial charge is 0.477 e. The second kappa shape index (κ2) is 4.47. The van der Waals surface area contributed by atoms with Crippen molar-refractivity contribution in [2.24, 2.45) is 0 Å². The van der Waals surface area contributed by atoms with Crippen molar-refractivity contribution in [3.05, 3.63) is 34.1 Å². The Kier molecular flexibility index (Phi) is 2.69. The van der Waals surface area contributed by atoms with Crippen LogP contribution in [0.3, 0.4) is 0 Å². The Balaban J connectivity index is 1.60. The lowest BCUT2D eigenvalue weighted by atomic mass is 10.0. The lowest BCUT2D eigenvalue weighted by molar-refractivity contribution is -0.141. The molecule has 2 N–H and O–H groups in total. The predicted octanol–water partition coefficient (Wildman–Crippen LogP) is 0.211. The van der Waals surface area contributed by atoms with Crippen LogP contribution < -0.4 is 5.32 Å². The molecule has 0 radical (unpaired) electrons. The van der Waals surface area contributed by atoms with Crippen molar-refractivity contribution in [1.29, 1.82) is 0 Å². The number of hydrogen-bond donors (Lipinski definition) is 2. The number of aromatic nitrogens is 2. The summed E-state index contributed by atoms with van der Waals surface area (Å²) in [6.45, 7) is 2.49. The number of carbonyl (C=O) groups is 2. The molecule has 0 aromatic carbocycles. The summed E-state index contributed by atoms with van der Waals surface area (Å²) in [4.78, 5) is 24.4. The summed E-state index contributed by atoms with van der Waals surface area (Å²) >= 11 is 1.34. The van der Waals surface area contributed by atoms with E-state index in [1.165, 1.54) is 22.1 Å². The fourth-order valence-electron chi connectivity index (χ4n) is 2.71. The lowest BCUT2D eigenvalue weighted by Crippen LogP contribution is -2.51. The zero-order chi connectivity index (χ0) is 14.6. The van der Waals surface area contributed by atoms with Crippen molar-refractivity contribution >= 4 is 29.7 Å². The number of nitrogens with zero attached hydrogens (tertiary/aromatic N) is 3. The summed E-state index contributed by atoms with van der Waals surface area (Å²) in [5.74, 6) is -1.32. The number of amides is 1. The highest BCUT2D eigenvalue weighted by Crippen LogP contribution is 2.44. The average molecular weight is 304 g/mol. The second-order valence-electron chi connectivity index (χ2n) is 5.03. The zero-order valence-electron chi connectivity index (χ0n) is 10.9. The maximum Gasteiger partial charge on any atom is 0.353 e.